The molecule has 1 rings (SSSR count). The molecule has 2 nitrogen and oxygen atoms in total. The maximum absolute atomic E-state index is 11.4. The summed E-state index contributed by atoms with van der Waals surface area (Å²) < 4.78 is 5.17. The van der Waals surface area contributed by atoms with E-state index in [9.17, 15) is 4.79 Å². The molecule has 0 spiro atoms. The molecule has 0 aromatic heterocycles. The molecule has 0 amide bonds. The number of benzene rings is 1. The van der Waals surface area contributed by atoms with Crippen molar-refractivity contribution in [3.05, 3.63) is 42.0 Å². The predicted molar refractivity (Wildman–Crippen MR) is 65.6 cm³/mol. The zero-order chi connectivity index (χ0) is 12.3. The average Bonchev–Trinajstić information content (AvgIpc) is 2.16. The van der Waals surface area contributed by atoms with Crippen molar-refractivity contribution in [1.29, 1.82) is 0 Å². The maximum atomic E-state index is 11.4. The third-order valence-corrected chi connectivity index (χ3v) is 2.26. The fourth-order valence-electron chi connectivity index (χ4n) is 1.22. The Bertz CT molecular complexity index is 411. The van der Waals surface area contributed by atoms with E-state index in [2.05, 4.69) is 27.4 Å². The molecule has 1 aromatic rings. The van der Waals surface area contributed by atoms with Gasteiger partial charge in [-0.25, -0.2) is 4.79 Å². The first kappa shape index (κ1) is 12.5. The lowest BCUT2D eigenvalue weighted by molar-refractivity contribution is -0.130. The highest BCUT2D eigenvalue weighted by Gasteiger charge is 2.14. The van der Waals surface area contributed by atoms with E-state index >= 15 is 0 Å². The van der Waals surface area contributed by atoms with Crippen LogP contribution >= 0.6 is 0 Å². The van der Waals surface area contributed by atoms with E-state index in [1.165, 1.54) is 0 Å². The van der Waals surface area contributed by atoms with Gasteiger partial charge in [-0.05, 0) is 30.0 Å². The first-order chi connectivity index (χ1) is 7.30. The molecular weight excluding hydrogens is 200 g/mol. The Hall–Kier alpha value is -1.57. The monoisotopic (exact) mass is 218 g/mol. The Kier molecular flexibility index (Phi) is 3.53. The van der Waals surface area contributed by atoms with Gasteiger partial charge in [-0.15, -0.1) is 0 Å². The number of carbonyl (C=O) groups excluding carboxylic acids is 1. The van der Waals surface area contributed by atoms with Crippen LogP contribution in [-0.2, 0) is 10.2 Å². The number of carbonyl (C=O) groups is 1. The van der Waals surface area contributed by atoms with Crippen LogP contribution in [0.1, 0.15) is 33.3 Å². The van der Waals surface area contributed by atoms with Gasteiger partial charge in [0.2, 0.25) is 0 Å². The van der Waals surface area contributed by atoms with Gasteiger partial charge in [0.15, 0.2) is 0 Å². The molecule has 0 aliphatic carbocycles. The predicted octanol–water partition coefficient (Wildman–Crippen LogP) is 3.47. The molecule has 0 radical (unpaired) electrons. The van der Waals surface area contributed by atoms with E-state index in [1.54, 1.807) is 13.0 Å². The van der Waals surface area contributed by atoms with Crippen molar-refractivity contribution >= 4 is 5.97 Å². The number of esters is 1. The minimum absolute atomic E-state index is 0.0473. The zero-order valence-electron chi connectivity index (χ0n) is 10.3. The fraction of sp³-hybridized carbons (Fsp3) is 0.357. The minimum Gasteiger partial charge on any atom is -0.423 e. The van der Waals surface area contributed by atoms with Gasteiger partial charge in [-0.1, -0.05) is 39.5 Å². The third-order valence-electron chi connectivity index (χ3n) is 2.26. The highest BCUT2D eigenvalue weighted by Crippen LogP contribution is 2.25. The van der Waals surface area contributed by atoms with Crippen LogP contribution < -0.4 is 4.74 Å². The topological polar surface area (TPSA) is 26.3 Å². The summed E-state index contributed by atoms with van der Waals surface area (Å²) in [6, 6.07) is 7.58. The highest BCUT2D eigenvalue weighted by molar-refractivity contribution is 5.88. The fourth-order valence-corrected chi connectivity index (χ4v) is 1.22. The van der Waals surface area contributed by atoms with Crippen LogP contribution in [0.25, 0.3) is 0 Å². The van der Waals surface area contributed by atoms with E-state index in [4.69, 9.17) is 4.74 Å². The lowest BCUT2D eigenvalue weighted by Gasteiger charge is -2.19. The Balaban J connectivity index is 2.92. The Labute approximate surface area is 96.9 Å². The Morgan fingerprint density at radius 1 is 1.31 bits per heavy atom. The van der Waals surface area contributed by atoms with Gasteiger partial charge in [0.05, 0.1) is 0 Å². The van der Waals surface area contributed by atoms with Gasteiger partial charge < -0.3 is 4.74 Å². The van der Waals surface area contributed by atoms with Crippen molar-refractivity contribution < 1.29 is 9.53 Å². The summed E-state index contributed by atoms with van der Waals surface area (Å²) in [5.41, 5.74) is 1.59. The summed E-state index contributed by atoms with van der Waals surface area (Å²) in [5.74, 6) is 0.187. The second-order valence-corrected chi connectivity index (χ2v) is 4.95. The Morgan fingerprint density at radius 2 is 1.94 bits per heavy atom. The van der Waals surface area contributed by atoms with E-state index in [0.29, 0.717) is 11.3 Å². The summed E-state index contributed by atoms with van der Waals surface area (Å²) in [6.45, 7) is 11.5. The standard InChI is InChI=1S/C14H18O2/c1-10(2)13(15)16-12-8-6-7-11(9-12)14(3,4)5/h6-9H,1H2,2-5H3. The minimum atomic E-state index is -0.383. The molecule has 0 unspecified atom stereocenters. The molecule has 0 saturated heterocycles. The van der Waals surface area contributed by atoms with Crippen LogP contribution in [0.2, 0.25) is 0 Å². The van der Waals surface area contributed by atoms with Gasteiger partial charge in [-0.3, -0.25) is 0 Å². The van der Waals surface area contributed by atoms with Crippen molar-refractivity contribution in [2.24, 2.45) is 0 Å². The van der Waals surface area contributed by atoms with E-state index in [-0.39, 0.29) is 11.4 Å². The van der Waals surface area contributed by atoms with Crippen molar-refractivity contribution in [2.75, 3.05) is 0 Å². The largest absolute Gasteiger partial charge is 0.423 e. The molecule has 86 valence electrons. The number of rotatable bonds is 2. The molecule has 0 atom stereocenters. The number of hydrogen-bond donors (Lipinski definition) is 0. The maximum Gasteiger partial charge on any atom is 0.338 e. The van der Waals surface area contributed by atoms with Gasteiger partial charge in [0, 0.05) is 5.57 Å². The van der Waals surface area contributed by atoms with Crippen LogP contribution in [0.4, 0.5) is 0 Å². The lowest BCUT2D eigenvalue weighted by atomic mass is 9.87. The van der Waals surface area contributed by atoms with E-state index < -0.39 is 0 Å². The van der Waals surface area contributed by atoms with Gasteiger partial charge in [0.1, 0.15) is 5.75 Å². The van der Waals surface area contributed by atoms with Gasteiger partial charge in [0.25, 0.3) is 0 Å². The van der Waals surface area contributed by atoms with Crippen LogP contribution in [0.3, 0.4) is 0 Å². The molecule has 0 N–H and O–H groups in total. The molecule has 2 heteroatoms. The number of hydrogen-bond acceptors (Lipinski definition) is 2. The average molecular weight is 218 g/mol. The third kappa shape index (κ3) is 3.23. The second kappa shape index (κ2) is 4.52. The molecule has 1 aromatic carbocycles. The van der Waals surface area contributed by atoms with Gasteiger partial charge in [-0.2, -0.15) is 0 Å². The first-order valence-corrected chi connectivity index (χ1v) is 5.29. The summed E-state index contributed by atoms with van der Waals surface area (Å²) >= 11 is 0. The highest BCUT2D eigenvalue weighted by atomic mass is 16.5. The molecule has 0 heterocycles. The van der Waals surface area contributed by atoms with Crippen molar-refractivity contribution in [3.63, 3.8) is 0 Å². The van der Waals surface area contributed by atoms with Crippen molar-refractivity contribution in [3.8, 4) is 5.75 Å². The molecule has 0 bridgehead atoms. The molecular formula is C14H18O2. The summed E-state index contributed by atoms with van der Waals surface area (Å²) in [5, 5.41) is 0. The van der Waals surface area contributed by atoms with Gasteiger partial charge >= 0.3 is 5.97 Å². The molecule has 0 saturated carbocycles. The van der Waals surface area contributed by atoms with Crippen LogP contribution in [0.15, 0.2) is 36.4 Å². The summed E-state index contributed by atoms with van der Waals surface area (Å²) in [7, 11) is 0. The van der Waals surface area contributed by atoms with Crippen molar-refractivity contribution in [2.45, 2.75) is 33.1 Å². The van der Waals surface area contributed by atoms with Crippen LogP contribution in [-0.4, -0.2) is 5.97 Å². The molecule has 0 fully saturated rings. The zero-order valence-corrected chi connectivity index (χ0v) is 10.3. The smallest absolute Gasteiger partial charge is 0.338 e. The Morgan fingerprint density at radius 3 is 2.44 bits per heavy atom. The molecule has 0 aliphatic rings. The summed E-state index contributed by atoms with van der Waals surface area (Å²) in [4.78, 5) is 11.4. The van der Waals surface area contributed by atoms with Crippen molar-refractivity contribution in [1.82, 2.24) is 0 Å². The molecule has 16 heavy (non-hydrogen) atoms. The second-order valence-electron chi connectivity index (χ2n) is 4.95. The lowest BCUT2D eigenvalue weighted by Crippen LogP contribution is -2.12. The molecule has 0 aliphatic heterocycles. The SMILES string of the molecule is C=C(C)C(=O)Oc1cccc(C(C)(C)C)c1. The summed E-state index contributed by atoms with van der Waals surface area (Å²) in [6.07, 6.45) is 0. The number of ether oxygens (including phenoxy) is 1. The quantitative estimate of drug-likeness (QED) is 0.431. The van der Waals surface area contributed by atoms with Crippen LogP contribution in [0.5, 0.6) is 5.75 Å². The normalized spacial score (nSPS) is 11.0. The van der Waals surface area contributed by atoms with E-state index in [0.717, 1.165) is 5.56 Å². The first-order valence-electron chi connectivity index (χ1n) is 5.29. The van der Waals surface area contributed by atoms with Crippen LogP contribution in [0, 0.1) is 0 Å². The van der Waals surface area contributed by atoms with E-state index in [1.807, 2.05) is 18.2 Å².